The van der Waals surface area contributed by atoms with Gasteiger partial charge in [0, 0.05) is 43.6 Å². The van der Waals surface area contributed by atoms with Crippen LogP contribution < -0.4 is 10.6 Å². The molecule has 11 heteroatoms. The Bertz CT molecular complexity index is 1410. The number of nitrogens with one attached hydrogen (secondary N) is 2. The van der Waals surface area contributed by atoms with E-state index in [0.717, 1.165) is 23.0 Å². The van der Waals surface area contributed by atoms with Gasteiger partial charge in [0.1, 0.15) is 23.1 Å². The molecule has 6 rings (SSSR count). The van der Waals surface area contributed by atoms with Crippen LogP contribution in [0.2, 0.25) is 0 Å². The molecule has 1 aliphatic heterocycles. The maximum atomic E-state index is 13.0. The van der Waals surface area contributed by atoms with Crippen molar-refractivity contribution in [3.05, 3.63) is 42.4 Å². The molecule has 2 aliphatic rings. The number of nitrogens with zero attached hydrogens (tertiary/aromatic N) is 5. The van der Waals surface area contributed by atoms with Gasteiger partial charge in [-0.25, -0.2) is 9.97 Å². The average molecular weight is 478 g/mol. The number of aliphatic hydroxyl groups is 1. The highest BCUT2D eigenvalue weighted by Gasteiger charge is 2.33. The van der Waals surface area contributed by atoms with Crippen LogP contribution in [0.15, 0.2) is 36.8 Å². The first-order chi connectivity index (χ1) is 17.1. The zero-order valence-corrected chi connectivity index (χ0v) is 19.5. The number of carbonyl (C=O) groups excluding carboxylic acids is 1. The second kappa shape index (κ2) is 8.59. The van der Waals surface area contributed by atoms with Gasteiger partial charge in [-0.05, 0) is 25.0 Å². The van der Waals surface area contributed by atoms with Crippen LogP contribution in [0.4, 0.5) is 5.82 Å². The van der Waals surface area contributed by atoms with Crippen LogP contribution >= 0.6 is 0 Å². The van der Waals surface area contributed by atoms with Crippen LogP contribution in [0.3, 0.4) is 0 Å². The van der Waals surface area contributed by atoms with E-state index in [9.17, 15) is 9.90 Å². The first-order valence-electron chi connectivity index (χ1n) is 11.7. The summed E-state index contributed by atoms with van der Waals surface area (Å²) in [4.78, 5) is 22.5. The van der Waals surface area contributed by atoms with Crippen LogP contribution in [-0.4, -0.2) is 80.8 Å². The summed E-state index contributed by atoms with van der Waals surface area (Å²) >= 11 is 0. The van der Waals surface area contributed by atoms with Crippen molar-refractivity contribution in [3.63, 3.8) is 0 Å². The Morgan fingerprint density at radius 2 is 2.17 bits per heavy atom. The van der Waals surface area contributed by atoms with Crippen molar-refractivity contribution in [1.82, 2.24) is 29.5 Å². The fourth-order valence-electron chi connectivity index (χ4n) is 4.88. The maximum Gasteiger partial charge on any atom is 0.257 e. The number of fused-ring (bicyclic) bond motifs is 2. The third-order valence-corrected chi connectivity index (χ3v) is 7.05. The minimum Gasteiger partial charge on any atom is -0.391 e. The molecular formula is C24H27N7O4. The topological polar surface area (TPSA) is 128 Å². The molecule has 2 fully saturated rings. The number of amides is 1. The SMILES string of the molecule is CNc1cc(-c2cn([C@H]3COC[C@@H]3OC)c3ncccc23)nc2c(C(=O)N[C@H]3CC[C@H]3O)cnn12. The van der Waals surface area contributed by atoms with E-state index in [1.807, 2.05) is 24.4 Å². The van der Waals surface area contributed by atoms with E-state index in [1.165, 1.54) is 6.20 Å². The molecule has 4 atom stereocenters. The largest absolute Gasteiger partial charge is 0.391 e. The third-order valence-electron chi connectivity index (χ3n) is 7.05. The summed E-state index contributed by atoms with van der Waals surface area (Å²) in [5.74, 6) is 0.391. The molecule has 3 N–H and O–H groups in total. The predicted octanol–water partition coefficient (Wildman–Crippen LogP) is 1.63. The Morgan fingerprint density at radius 1 is 1.29 bits per heavy atom. The molecule has 0 aromatic carbocycles. The van der Waals surface area contributed by atoms with Crippen LogP contribution in [-0.2, 0) is 9.47 Å². The van der Waals surface area contributed by atoms with E-state index in [1.54, 1.807) is 24.9 Å². The number of hydrogen-bond donors (Lipinski definition) is 3. The first-order valence-corrected chi connectivity index (χ1v) is 11.7. The number of aromatic nitrogens is 5. The highest BCUT2D eigenvalue weighted by Crippen LogP contribution is 2.35. The van der Waals surface area contributed by atoms with Crippen molar-refractivity contribution < 1.29 is 19.4 Å². The fraction of sp³-hybridized carbons (Fsp3) is 0.417. The highest BCUT2D eigenvalue weighted by molar-refractivity contribution is 6.01. The molecule has 0 radical (unpaired) electrons. The number of aliphatic hydroxyl groups excluding tert-OH is 1. The molecule has 0 unspecified atom stereocenters. The molecule has 1 amide bonds. The minimum absolute atomic E-state index is 0.0103. The third kappa shape index (κ3) is 3.54. The minimum atomic E-state index is -0.508. The fourth-order valence-corrected chi connectivity index (χ4v) is 4.88. The van der Waals surface area contributed by atoms with Gasteiger partial charge in [0.05, 0.1) is 43.3 Å². The van der Waals surface area contributed by atoms with Gasteiger partial charge in [0.2, 0.25) is 0 Å². The van der Waals surface area contributed by atoms with Gasteiger partial charge in [0.25, 0.3) is 5.91 Å². The first kappa shape index (κ1) is 22.0. The van der Waals surface area contributed by atoms with Crippen molar-refractivity contribution in [1.29, 1.82) is 0 Å². The molecule has 1 aliphatic carbocycles. The van der Waals surface area contributed by atoms with Crippen LogP contribution in [0.25, 0.3) is 27.9 Å². The van der Waals surface area contributed by atoms with Crippen LogP contribution in [0.1, 0.15) is 29.2 Å². The molecular weight excluding hydrogens is 450 g/mol. The molecule has 1 saturated heterocycles. The van der Waals surface area contributed by atoms with Crippen LogP contribution in [0, 0.1) is 0 Å². The molecule has 4 aromatic heterocycles. The van der Waals surface area contributed by atoms with Gasteiger partial charge in [-0.3, -0.25) is 4.79 Å². The number of anilines is 1. The smallest absolute Gasteiger partial charge is 0.257 e. The number of carbonyl (C=O) groups is 1. The van der Waals surface area contributed by atoms with Crippen molar-refractivity contribution in [3.8, 4) is 11.3 Å². The Hall–Kier alpha value is -3.54. The summed E-state index contributed by atoms with van der Waals surface area (Å²) in [7, 11) is 3.49. The lowest BCUT2D eigenvalue weighted by Gasteiger charge is -2.32. The Balaban J connectivity index is 1.47. The summed E-state index contributed by atoms with van der Waals surface area (Å²) in [6, 6.07) is 5.56. The number of pyridine rings is 1. The maximum absolute atomic E-state index is 13.0. The Kier molecular flexibility index (Phi) is 5.39. The summed E-state index contributed by atoms with van der Waals surface area (Å²) < 4.78 is 15.0. The molecule has 35 heavy (non-hydrogen) atoms. The van der Waals surface area contributed by atoms with Gasteiger partial charge < -0.3 is 29.8 Å². The van der Waals surface area contributed by atoms with E-state index < -0.39 is 6.10 Å². The van der Waals surface area contributed by atoms with Gasteiger partial charge in [-0.15, -0.1) is 0 Å². The normalized spacial score (nSPS) is 24.1. The van der Waals surface area contributed by atoms with E-state index in [2.05, 4.69) is 25.3 Å². The van der Waals surface area contributed by atoms with Crippen molar-refractivity contribution >= 4 is 28.4 Å². The van der Waals surface area contributed by atoms with E-state index >= 15 is 0 Å². The van der Waals surface area contributed by atoms with Crippen molar-refractivity contribution in [2.75, 3.05) is 32.7 Å². The number of rotatable bonds is 6. The molecule has 11 nitrogen and oxygen atoms in total. The van der Waals surface area contributed by atoms with Gasteiger partial charge in [-0.2, -0.15) is 9.61 Å². The second-order valence-corrected chi connectivity index (χ2v) is 9.00. The molecule has 4 aromatic rings. The van der Waals surface area contributed by atoms with Gasteiger partial charge in [0.15, 0.2) is 5.65 Å². The summed E-state index contributed by atoms with van der Waals surface area (Å²) in [5, 5.41) is 21.3. The zero-order valence-electron chi connectivity index (χ0n) is 19.5. The monoisotopic (exact) mass is 477 g/mol. The van der Waals surface area contributed by atoms with Gasteiger partial charge >= 0.3 is 0 Å². The van der Waals surface area contributed by atoms with E-state index in [0.29, 0.717) is 42.4 Å². The highest BCUT2D eigenvalue weighted by atomic mass is 16.5. The lowest BCUT2D eigenvalue weighted by molar-refractivity contribution is 0.0448. The van der Waals surface area contributed by atoms with Crippen molar-refractivity contribution in [2.45, 2.75) is 37.1 Å². The van der Waals surface area contributed by atoms with Gasteiger partial charge in [-0.1, -0.05) is 0 Å². The van der Waals surface area contributed by atoms with Crippen molar-refractivity contribution in [2.24, 2.45) is 0 Å². The molecule has 182 valence electrons. The molecule has 5 heterocycles. The Morgan fingerprint density at radius 3 is 2.91 bits per heavy atom. The van der Waals surface area contributed by atoms with E-state index in [4.69, 9.17) is 14.5 Å². The van der Waals surface area contributed by atoms with E-state index in [-0.39, 0.29) is 24.1 Å². The summed E-state index contributed by atoms with van der Waals surface area (Å²) in [5.41, 5.74) is 3.17. The lowest BCUT2D eigenvalue weighted by Crippen LogP contribution is -2.50. The predicted molar refractivity (Wildman–Crippen MR) is 128 cm³/mol. The number of hydrogen-bond acceptors (Lipinski definition) is 8. The lowest BCUT2D eigenvalue weighted by atomic mass is 9.89. The zero-order chi connectivity index (χ0) is 24.1. The summed E-state index contributed by atoms with van der Waals surface area (Å²) in [6.45, 7) is 1.06. The second-order valence-electron chi connectivity index (χ2n) is 9.00. The van der Waals surface area contributed by atoms with Crippen LogP contribution in [0.5, 0.6) is 0 Å². The number of ether oxygens (including phenoxy) is 2. The molecule has 0 spiro atoms. The quantitative estimate of drug-likeness (QED) is 0.382. The molecule has 1 saturated carbocycles. The summed E-state index contributed by atoms with van der Waals surface area (Å²) in [6.07, 6.45) is 6.18. The average Bonchev–Trinajstić information content (AvgIpc) is 3.61. The Labute approximate surface area is 201 Å². The number of methoxy groups -OCH3 is 1. The molecule has 0 bridgehead atoms. The standard InChI is InChI=1S/C24H27N7O4/c1-25-21-8-17(28-23-14(9-27-31(21)23)24(33)29-16-5-6-19(16)32)15-10-30(18-11-35-12-20(18)34-2)22-13(15)4-3-7-26-22/h3-4,7-10,16,18-20,25,32H,5-6,11-12H2,1-2H3,(H,29,33)/t16-,18-,19+,20-/m0/s1.